The van der Waals surface area contributed by atoms with Crippen LogP contribution in [0.5, 0.6) is 0 Å². The Morgan fingerprint density at radius 2 is 1.50 bits per heavy atom. The fourth-order valence-electron chi connectivity index (χ4n) is 4.38. The topological polar surface area (TPSA) is 192 Å². The van der Waals surface area contributed by atoms with Gasteiger partial charge in [0.15, 0.2) is 12.2 Å². The van der Waals surface area contributed by atoms with Gasteiger partial charge >= 0.3 is 23.9 Å². The Labute approximate surface area is 232 Å². The number of nitrogens with zero attached hydrogens (tertiary/aromatic N) is 1. The summed E-state index contributed by atoms with van der Waals surface area (Å²) >= 11 is 0.807. The minimum atomic E-state index is -1.50. The summed E-state index contributed by atoms with van der Waals surface area (Å²) in [6.07, 6.45) is -4.18. The number of benzene rings is 1. The van der Waals surface area contributed by atoms with Gasteiger partial charge in [-0.1, -0.05) is 12.1 Å². The summed E-state index contributed by atoms with van der Waals surface area (Å²) in [5.41, 5.74) is -1.13. The van der Waals surface area contributed by atoms with E-state index < -0.39 is 84.0 Å². The van der Waals surface area contributed by atoms with Gasteiger partial charge in [-0.3, -0.25) is 33.7 Å². The van der Waals surface area contributed by atoms with Crippen molar-refractivity contribution in [1.82, 2.24) is 10.2 Å². The van der Waals surface area contributed by atoms with Crippen molar-refractivity contribution in [3.63, 3.8) is 0 Å². The van der Waals surface area contributed by atoms with Crippen molar-refractivity contribution in [2.45, 2.75) is 63.5 Å². The summed E-state index contributed by atoms with van der Waals surface area (Å²) in [6, 6.07) is 3.18. The van der Waals surface area contributed by atoms with Gasteiger partial charge in [-0.15, -0.1) is 11.8 Å². The number of hydrogen-bond acceptors (Lipinski definition) is 12. The zero-order valence-corrected chi connectivity index (χ0v) is 22.8. The van der Waals surface area contributed by atoms with Gasteiger partial charge in [-0.05, 0) is 12.1 Å². The SMILES string of the molecule is CC(=O)NC(CS[C@@H]1O[C@H](COC(C)=O)[C@@H](OC(C)=O)[C@H](OC(C)=O)[C@H]1N1C(=O)c2ccccc2C1=O)C(=O)O. The van der Waals surface area contributed by atoms with E-state index in [1.165, 1.54) is 12.1 Å². The normalized spacial score (nSPS) is 24.5. The molecule has 6 atom stereocenters. The first-order valence-electron chi connectivity index (χ1n) is 12.0. The first-order chi connectivity index (χ1) is 18.8. The second-order valence-corrected chi connectivity index (χ2v) is 10.1. The number of carboxylic acid groups (broad SMARTS) is 1. The molecule has 1 saturated heterocycles. The van der Waals surface area contributed by atoms with Crippen LogP contribution in [-0.4, -0.2) is 99.8 Å². The molecule has 0 aromatic heterocycles. The van der Waals surface area contributed by atoms with E-state index in [9.17, 15) is 38.7 Å². The van der Waals surface area contributed by atoms with E-state index >= 15 is 0 Å². The molecule has 0 spiro atoms. The molecule has 1 aromatic carbocycles. The molecule has 1 aromatic rings. The number of esters is 3. The van der Waals surface area contributed by atoms with Crippen LogP contribution in [0.3, 0.4) is 0 Å². The number of nitrogens with one attached hydrogen (secondary N) is 1. The van der Waals surface area contributed by atoms with Crippen LogP contribution in [0.15, 0.2) is 24.3 Å². The Bertz CT molecular complexity index is 1180. The molecule has 0 aliphatic carbocycles. The summed E-state index contributed by atoms with van der Waals surface area (Å²) in [7, 11) is 0. The summed E-state index contributed by atoms with van der Waals surface area (Å²) in [5, 5.41) is 11.8. The second kappa shape index (κ2) is 12.9. The molecule has 2 aliphatic heterocycles. The first-order valence-corrected chi connectivity index (χ1v) is 13.1. The molecular formula is C25H28N2O12S. The lowest BCUT2D eigenvalue weighted by atomic mass is 9.96. The summed E-state index contributed by atoms with van der Waals surface area (Å²) in [4.78, 5) is 86.9. The predicted octanol–water partition coefficient (Wildman–Crippen LogP) is 0.125. The molecule has 0 saturated carbocycles. The second-order valence-electron chi connectivity index (χ2n) is 8.93. The van der Waals surface area contributed by atoms with Crippen molar-refractivity contribution < 1.29 is 57.6 Å². The van der Waals surface area contributed by atoms with E-state index in [1.54, 1.807) is 12.1 Å². The van der Waals surface area contributed by atoms with Crippen LogP contribution < -0.4 is 5.32 Å². The van der Waals surface area contributed by atoms with Crippen LogP contribution in [0.1, 0.15) is 48.4 Å². The van der Waals surface area contributed by atoms with Crippen molar-refractivity contribution >= 4 is 53.4 Å². The highest BCUT2D eigenvalue weighted by Gasteiger charge is 2.57. The van der Waals surface area contributed by atoms with E-state index in [0.29, 0.717) is 0 Å². The summed E-state index contributed by atoms with van der Waals surface area (Å²) in [5.74, 6) is -6.12. The van der Waals surface area contributed by atoms with E-state index in [2.05, 4.69) is 5.32 Å². The molecule has 2 aliphatic rings. The molecule has 216 valence electrons. The van der Waals surface area contributed by atoms with Gasteiger partial charge in [-0.25, -0.2) is 4.79 Å². The number of carbonyl (C=O) groups excluding carboxylic acids is 6. The van der Waals surface area contributed by atoms with E-state index in [4.69, 9.17) is 18.9 Å². The van der Waals surface area contributed by atoms with Gasteiger partial charge < -0.3 is 29.4 Å². The smallest absolute Gasteiger partial charge is 0.327 e. The quantitative estimate of drug-likeness (QED) is 0.216. The number of hydrogen-bond donors (Lipinski definition) is 2. The molecule has 2 N–H and O–H groups in total. The lowest BCUT2D eigenvalue weighted by molar-refractivity contribution is -0.216. The molecular weight excluding hydrogens is 552 g/mol. The number of rotatable bonds is 10. The zero-order valence-electron chi connectivity index (χ0n) is 22.0. The Morgan fingerprint density at radius 3 is 1.98 bits per heavy atom. The number of carboxylic acids is 1. The third kappa shape index (κ3) is 6.96. The number of carbonyl (C=O) groups is 7. The fraction of sp³-hybridized carbons (Fsp3) is 0.480. The molecule has 3 rings (SSSR count). The third-order valence-electron chi connectivity index (χ3n) is 5.90. The van der Waals surface area contributed by atoms with Crippen LogP contribution in [0.4, 0.5) is 0 Å². The van der Waals surface area contributed by atoms with Gasteiger partial charge in [0, 0.05) is 33.4 Å². The van der Waals surface area contributed by atoms with Gasteiger partial charge in [0.1, 0.15) is 30.2 Å². The highest BCUT2D eigenvalue weighted by Crippen LogP contribution is 2.39. The summed E-state index contributed by atoms with van der Waals surface area (Å²) in [6.45, 7) is 3.95. The minimum absolute atomic E-state index is 0.0746. The first kappa shape index (κ1) is 30.6. The fourth-order valence-corrected chi connectivity index (χ4v) is 5.69. The van der Waals surface area contributed by atoms with Gasteiger partial charge in [0.25, 0.3) is 11.8 Å². The maximum Gasteiger partial charge on any atom is 0.327 e. The van der Waals surface area contributed by atoms with Gasteiger partial charge in [0.2, 0.25) is 5.91 Å². The molecule has 40 heavy (non-hydrogen) atoms. The monoisotopic (exact) mass is 580 g/mol. The predicted molar refractivity (Wildman–Crippen MR) is 135 cm³/mol. The van der Waals surface area contributed by atoms with E-state index in [1.807, 2.05) is 0 Å². The highest BCUT2D eigenvalue weighted by atomic mass is 32.2. The number of fused-ring (bicyclic) bond motifs is 1. The standard InChI is InChI=1S/C25H28N2O12S/c1-11(28)26-17(24(34)35)10-40-25-19(27-22(32)15-7-5-6-8-16(15)23(27)33)21(38-14(4)31)20(37-13(3)30)18(39-25)9-36-12(2)29/h5-8,17-21,25H,9-10H2,1-4H3,(H,26,28)(H,34,35)/t17?,18-,19-,20-,21-,25+/m1/s1. The number of ether oxygens (including phenoxy) is 4. The molecule has 15 heteroatoms. The van der Waals surface area contributed by atoms with Crippen LogP contribution >= 0.6 is 11.8 Å². The number of aliphatic carboxylic acids is 1. The lowest BCUT2D eigenvalue weighted by Gasteiger charge is -2.47. The van der Waals surface area contributed by atoms with Crippen molar-refractivity contribution in [3.8, 4) is 0 Å². The van der Waals surface area contributed by atoms with Crippen molar-refractivity contribution in [2.24, 2.45) is 0 Å². The molecule has 1 unspecified atom stereocenters. The molecule has 0 radical (unpaired) electrons. The Morgan fingerprint density at radius 1 is 0.950 bits per heavy atom. The van der Waals surface area contributed by atoms with Gasteiger partial charge in [0.05, 0.1) is 11.1 Å². The van der Waals surface area contributed by atoms with Crippen molar-refractivity contribution in [1.29, 1.82) is 0 Å². The lowest BCUT2D eigenvalue weighted by Crippen LogP contribution is -2.66. The molecule has 14 nitrogen and oxygen atoms in total. The van der Waals surface area contributed by atoms with Crippen molar-refractivity contribution in [2.75, 3.05) is 12.4 Å². The molecule has 2 heterocycles. The Balaban J connectivity index is 2.10. The molecule has 0 bridgehead atoms. The van der Waals surface area contributed by atoms with Crippen LogP contribution in [-0.2, 0) is 42.9 Å². The largest absolute Gasteiger partial charge is 0.480 e. The van der Waals surface area contributed by atoms with E-state index in [0.717, 1.165) is 44.4 Å². The molecule has 3 amide bonds. The maximum atomic E-state index is 13.5. The third-order valence-corrected chi connectivity index (χ3v) is 7.14. The van der Waals surface area contributed by atoms with E-state index in [-0.39, 0.29) is 16.9 Å². The zero-order chi connectivity index (χ0) is 29.7. The average Bonchev–Trinajstić information content (AvgIpc) is 3.11. The Hall–Kier alpha value is -3.98. The summed E-state index contributed by atoms with van der Waals surface area (Å²) < 4.78 is 22.1. The van der Waals surface area contributed by atoms with Gasteiger partial charge in [-0.2, -0.15) is 0 Å². The molecule has 1 fully saturated rings. The highest BCUT2D eigenvalue weighted by molar-refractivity contribution is 7.99. The maximum absolute atomic E-state index is 13.5. The van der Waals surface area contributed by atoms with Crippen molar-refractivity contribution in [3.05, 3.63) is 35.4 Å². The number of amides is 3. The minimum Gasteiger partial charge on any atom is -0.480 e. The van der Waals surface area contributed by atoms with Crippen LogP contribution in [0.2, 0.25) is 0 Å². The van der Waals surface area contributed by atoms with Crippen LogP contribution in [0, 0.1) is 0 Å². The number of imide groups is 1. The number of thioether (sulfide) groups is 1. The Kier molecular flexibility index (Phi) is 9.87. The average molecular weight is 581 g/mol. The van der Waals surface area contributed by atoms with Crippen LogP contribution in [0.25, 0.3) is 0 Å².